The molecule has 31 heavy (non-hydrogen) atoms. The van der Waals surface area contributed by atoms with Crippen molar-refractivity contribution in [2.75, 3.05) is 6.61 Å². The lowest BCUT2D eigenvalue weighted by atomic mass is 10.0. The first-order valence-electron chi connectivity index (χ1n) is 9.87. The molecule has 0 spiro atoms. The van der Waals surface area contributed by atoms with E-state index in [1.54, 1.807) is 25.2 Å². The maximum atomic E-state index is 13.3. The zero-order chi connectivity index (χ0) is 21.9. The van der Waals surface area contributed by atoms with Crippen LogP contribution in [0.25, 0.3) is 22.2 Å². The summed E-state index contributed by atoms with van der Waals surface area (Å²) in [5, 5.41) is 11.0. The first-order valence-corrected chi connectivity index (χ1v) is 10.7. The molecule has 1 aliphatic rings. The van der Waals surface area contributed by atoms with Crippen LogP contribution in [-0.2, 0) is 25.4 Å². The molecular weight excluding hydrogens is 462 g/mol. The standard InChI is InChI=1S/C23H20BrN3O4/c1-25-19-17(22(29)26(2)23(25)30)18(13-7-9-14(24)10-8-13)27-11-12-31-21(20(19)27)15-5-3-4-6-16(15)28/h3-10,21,28H,11-12H2,1-2H3. The largest absolute Gasteiger partial charge is 0.508 e. The lowest BCUT2D eigenvalue weighted by molar-refractivity contribution is 0.0464. The second kappa shape index (κ2) is 7.25. The maximum absolute atomic E-state index is 13.3. The molecule has 0 saturated carbocycles. The van der Waals surface area contributed by atoms with Crippen LogP contribution in [0.1, 0.15) is 17.4 Å². The van der Waals surface area contributed by atoms with E-state index in [0.717, 1.165) is 20.3 Å². The van der Waals surface area contributed by atoms with Crippen molar-refractivity contribution in [3.63, 3.8) is 0 Å². The highest BCUT2D eigenvalue weighted by Crippen LogP contribution is 2.42. The van der Waals surface area contributed by atoms with E-state index in [9.17, 15) is 14.7 Å². The number of phenols is 1. The van der Waals surface area contributed by atoms with Crippen LogP contribution in [0.15, 0.2) is 62.6 Å². The molecule has 5 rings (SSSR count). The average Bonchev–Trinajstić information content (AvgIpc) is 3.13. The summed E-state index contributed by atoms with van der Waals surface area (Å²) in [5.74, 6) is 0.106. The van der Waals surface area contributed by atoms with Crippen molar-refractivity contribution >= 4 is 26.8 Å². The van der Waals surface area contributed by atoms with Crippen molar-refractivity contribution in [3.05, 3.63) is 85.1 Å². The van der Waals surface area contributed by atoms with E-state index < -0.39 is 11.8 Å². The van der Waals surface area contributed by atoms with Crippen molar-refractivity contribution in [2.24, 2.45) is 14.1 Å². The summed E-state index contributed by atoms with van der Waals surface area (Å²) < 4.78 is 11.7. The van der Waals surface area contributed by atoms with Crippen LogP contribution in [-0.4, -0.2) is 25.4 Å². The molecule has 0 radical (unpaired) electrons. The Balaban J connectivity index is 1.96. The smallest absolute Gasteiger partial charge is 0.331 e. The third kappa shape index (κ3) is 2.90. The Morgan fingerprint density at radius 3 is 2.45 bits per heavy atom. The number of rotatable bonds is 2. The Labute approximate surface area is 185 Å². The number of hydrogen-bond donors (Lipinski definition) is 1. The van der Waals surface area contributed by atoms with Gasteiger partial charge in [0.15, 0.2) is 0 Å². The molecular formula is C23H20BrN3O4. The molecule has 2 aromatic heterocycles. The third-order valence-corrected chi connectivity index (χ3v) is 6.42. The minimum absolute atomic E-state index is 0.106. The van der Waals surface area contributed by atoms with Gasteiger partial charge in [0.05, 0.1) is 28.9 Å². The first kappa shape index (κ1) is 19.8. The maximum Gasteiger partial charge on any atom is 0.331 e. The van der Waals surface area contributed by atoms with E-state index in [1.807, 2.05) is 30.3 Å². The molecule has 7 nitrogen and oxygen atoms in total. The molecule has 4 aromatic rings. The van der Waals surface area contributed by atoms with Crippen molar-refractivity contribution in [1.29, 1.82) is 0 Å². The molecule has 0 saturated heterocycles. The van der Waals surface area contributed by atoms with Gasteiger partial charge in [-0.3, -0.25) is 13.9 Å². The SMILES string of the molecule is Cn1c(=O)c2c(-c3ccc(Br)cc3)n3c(c2n(C)c1=O)C(c1ccccc1O)OCC3. The molecule has 1 unspecified atom stereocenters. The molecule has 1 aliphatic heterocycles. The van der Waals surface area contributed by atoms with Crippen LogP contribution in [0.3, 0.4) is 0 Å². The molecule has 1 N–H and O–H groups in total. The van der Waals surface area contributed by atoms with Gasteiger partial charge in [-0.25, -0.2) is 4.79 Å². The highest BCUT2D eigenvalue weighted by molar-refractivity contribution is 9.10. The fraction of sp³-hybridized carbons (Fsp3) is 0.217. The molecule has 158 valence electrons. The van der Waals surface area contributed by atoms with Crippen molar-refractivity contribution in [2.45, 2.75) is 12.6 Å². The van der Waals surface area contributed by atoms with Gasteiger partial charge in [0.2, 0.25) is 0 Å². The van der Waals surface area contributed by atoms with Gasteiger partial charge in [0.25, 0.3) is 5.56 Å². The summed E-state index contributed by atoms with van der Waals surface area (Å²) in [7, 11) is 3.15. The number of aromatic hydroxyl groups is 1. The van der Waals surface area contributed by atoms with Crippen LogP contribution < -0.4 is 11.2 Å². The van der Waals surface area contributed by atoms with Gasteiger partial charge < -0.3 is 14.4 Å². The van der Waals surface area contributed by atoms with Gasteiger partial charge in [-0.2, -0.15) is 0 Å². The summed E-state index contributed by atoms with van der Waals surface area (Å²) in [6.45, 7) is 0.932. The molecule has 3 heterocycles. The van der Waals surface area contributed by atoms with Gasteiger partial charge in [-0.1, -0.05) is 46.3 Å². The number of hydrogen-bond acceptors (Lipinski definition) is 4. The quantitative estimate of drug-likeness (QED) is 0.476. The van der Waals surface area contributed by atoms with E-state index in [4.69, 9.17) is 4.74 Å². The molecule has 0 bridgehead atoms. The van der Waals surface area contributed by atoms with E-state index in [1.165, 1.54) is 11.6 Å². The molecule has 0 fully saturated rings. The van der Waals surface area contributed by atoms with Crippen LogP contribution >= 0.6 is 15.9 Å². The molecule has 0 aliphatic carbocycles. The lowest BCUT2D eigenvalue weighted by Crippen LogP contribution is -2.37. The minimum atomic E-state index is -0.612. The Kier molecular flexibility index (Phi) is 4.64. The lowest BCUT2D eigenvalue weighted by Gasteiger charge is -2.28. The molecule has 1 atom stereocenters. The van der Waals surface area contributed by atoms with E-state index in [2.05, 4.69) is 20.5 Å². The number of phenolic OH excluding ortho intramolecular Hbond substituents is 1. The van der Waals surface area contributed by atoms with Gasteiger partial charge in [-0.05, 0) is 23.8 Å². The number of benzene rings is 2. The summed E-state index contributed by atoms with van der Waals surface area (Å²) in [6.07, 6.45) is -0.612. The predicted octanol–water partition coefficient (Wildman–Crippen LogP) is 3.29. The zero-order valence-electron chi connectivity index (χ0n) is 17.0. The molecule has 8 heteroatoms. The van der Waals surface area contributed by atoms with Gasteiger partial charge in [0, 0.05) is 30.7 Å². The van der Waals surface area contributed by atoms with E-state index in [-0.39, 0.29) is 11.3 Å². The van der Waals surface area contributed by atoms with Crippen LogP contribution in [0, 0.1) is 0 Å². The van der Waals surface area contributed by atoms with Crippen molar-refractivity contribution in [3.8, 4) is 17.0 Å². The number of aryl methyl sites for hydroxylation is 1. The minimum Gasteiger partial charge on any atom is -0.508 e. The number of para-hydroxylation sites is 1. The second-order valence-electron chi connectivity index (χ2n) is 7.63. The van der Waals surface area contributed by atoms with E-state index in [0.29, 0.717) is 35.3 Å². The Hall–Kier alpha value is -3.10. The summed E-state index contributed by atoms with van der Waals surface area (Å²) in [6, 6.07) is 14.7. The number of fused-ring (bicyclic) bond motifs is 3. The summed E-state index contributed by atoms with van der Waals surface area (Å²) in [4.78, 5) is 26.1. The topological polar surface area (TPSA) is 78.4 Å². The van der Waals surface area contributed by atoms with Crippen molar-refractivity contribution in [1.82, 2.24) is 13.7 Å². The van der Waals surface area contributed by atoms with Crippen molar-refractivity contribution < 1.29 is 9.84 Å². The normalized spacial score (nSPS) is 15.9. The number of halogens is 1. The van der Waals surface area contributed by atoms with Crippen LogP contribution in [0.4, 0.5) is 0 Å². The highest BCUT2D eigenvalue weighted by Gasteiger charge is 2.34. The average molecular weight is 482 g/mol. The molecule has 2 aromatic carbocycles. The summed E-state index contributed by atoms with van der Waals surface area (Å²) in [5.41, 5.74) is 2.67. The van der Waals surface area contributed by atoms with E-state index >= 15 is 0 Å². The molecule has 0 amide bonds. The number of aromatic nitrogens is 3. The zero-order valence-corrected chi connectivity index (χ0v) is 18.6. The van der Waals surface area contributed by atoms with Gasteiger partial charge in [0.1, 0.15) is 11.9 Å². The first-order chi connectivity index (χ1) is 14.9. The van der Waals surface area contributed by atoms with Crippen LogP contribution in [0.5, 0.6) is 5.75 Å². The van der Waals surface area contributed by atoms with Gasteiger partial charge >= 0.3 is 5.69 Å². The Morgan fingerprint density at radius 1 is 1.03 bits per heavy atom. The fourth-order valence-corrected chi connectivity index (χ4v) is 4.70. The second-order valence-corrected chi connectivity index (χ2v) is 8.55. The fourth-order valence-electron chi connectivity index (χ4n) is 4.43. The monoisotopic (exact) mass is 481 g/mol. The predicted molar refractivity (Wildman–Crippen MR) is 121 cm³/mol. The Bertz CT molecular complexity index is 1450. The highest BCUT2D eigenvalue weighted by atomic mass is 79.9. The van der Waals surface area contributed by atoms with Crippen LogP contribution in [0.2, 0.25) is 0 Å². The third-order valence-electron chi connectivity index (χ3n) is 5.89. The number of ether oxygens (including phenoxy) is 1. The van der Waals surface area contributed by atoms with Gasteiger partial charge in [-0.15, -0.1) is 0 Å². The summed E-state index contributed by atoms with van der Waals surface area (Å²) >= 11 is 3.46. The Morgan fingerprint density at radius 2 is 1.74 bits per heavy atom. The number of nitrogens with zero attached hydrogens (tertiary/aromatic N) is 3.